The van der Waals surface area contributed by atoms with Crippen LogP contribution in [-0.4, -0.2) is 37.0 Å². The molecule has 5 heteroatoms. The van der Waals surface area contributed by atoms with E-state index in [1.807, 2.05) is 0 Å². The van der Waals surface area contributed by atoms with E-state index in [1.54, 1.807) is 31.3 Å². The van der Waals surface area contributed by atoms with Crippen LogP contribution < -0.4 is 0 Å². The highest BCUT2D eigenvalue weighted by Crippen LogP contribution is 2.12. The Bertz CT molecular complexity index is 459. The van der Waals surface area contributed by atoms with Crippen molar-refractivity contribution in [1.82, 2.24) is 4.90 Å². The first kappa shape index (κ1) is 17.7. The van der Waals surface area contributed by atoms with Crippen molar-refractivity contribution in [2.75, 3.05) is 20.2 Å². The van der Waals surface area contributed by atoms with Crippen molar-refractivity contribution in [3.63, 3.8) is 0 Å². The highest BCUT2D eigenvalue weighted by molar-refractivity contribution is 9.10. The summed E-state index contributed by atoms with van der Waals surface area (Å²) in [6.45, 7) is 2.54. The number of hydrogen-bond acceptors (Lipinski definition) is 3. The van der Waals surface area contributed by atoms with Gasteiger partial charge in [-0.3, -0.25) is 9.59 Å². The molecule has 1 aromatic carbocycles. The number of likely N-dealkylation sites (N-methyl/N-ethyl adjacent to an activating group) is 1. The molecule has 0 fully saturated rings. The number of carbonyl (C=O) groups excluding carboxylic acids is 2. The number of unbranched alkanes of at least 4 members (excludes halogenated alkanes) is 3. The maximum absolute atomic E-state index is 12.1. The summed E-state index contributed by atoms with van der Waals surface area (Å²) in [5.74, 6) is -0.551. The van der Waals surface area contributed by atoms with Crippen LogP contribution in [0.5, 0.6) is 0 Å². The molecule has 1 amide bonds. The number of carbonyl (C=O) groups is 2. The van der Waals surface area contributed by atoms with E-state index in [0.29, 0.717) is 12.2 Å². The smallest absolute Gasteiger partial charge is 0.325 e. The quantitative estimate of drug-likeness (QED) is 0.528. The summed E-state index contributed by atoms with van der Waals surface area (Å²) in [4.78, 5) is 25.1. The number of ether oxygens (including phenoxy) is 1. The van der Waals surface area contributed by atoms with E-state index in [-0.39, 0.29) is 18.4 Å². The molecule has 0 aliphatic rings. The lowest BCUT2D eigenvalue weighted by Crippen LogP contribution is -2.33. The van der Waals surface area contributed by atoms with Crippen LogP contribution in [0.3, 0.4) is 0 Å². The molecule has 0 saturated heterocycles. The van der Waals surface area contributed by atoms with Gasteiger partial charge in [0.1, 0.15) is 6.54 Å². The van der Waals surface area contributed by atoms with Gasteiger partial charge < -0.3 is 9.64 Å². The Balaban J connectivity index is 2.34. The minimum absolute atomic E-state index is 0.0251. The van der Waals surface area contributed by atoms with E-state index < -0.39 is 0 Å². The van der Waals surface area contributed by atoms with Gasteiger partial charge in [0.15, 0.2) is 0 Å². The van der Waals surface area contributed by atoms with Gasteiger partial charge >= 0.3 is 5.97 Å². The Morgan fingerprint density at radius 3 is 2.43 bits per heavy atom. The second-order valence-corrected chi connectivity index (χ2v) is 5.86. The van der Waals surface area contributed by atoms with Crippen molar-refractivity contribution in [2.45, 2.75) is 32.6 Å². The third-order valence-electron chi connectivity index (χ3n) is 3.07. The molecular formula is C16H22BrNO3. The fourth-order valence-corrected chi connectivity index (χ4v) is 2.10. The monoisotopic (exact) mass is 355 g/mol. The zero-order valence-electron chi connectivity index (χ0n) is 12.6. The predicted octanol–water partition coefficient (Wildman–Crippen LogP) is 3.64. The first-order chi connectivity index (χ1) is 10.0. The Morgan fingerprint density at radius 1 is 1.14 bits per heavy atom. The van der Waals surface area contributed by atoms with Crippen LogP contribution in [-0.2, 0) is 9.53 Å². The van der Waals surface area contributed by atoms with Gasteiger partial charge in [-0.2, -0.15) is 0 Å². The van der Waals surface area contributed by atoms with Crippen LogP contribution in [0.2, 0.25) is 0 Å². The fourth-order valence-electron chi connectivity index (χ4n) is 1.84. The summed E-state index contributed by atoms with van der Waals surface area (Å²) in [6.07, 6.45) is 4.25. The summed E-state index contributed by atoms with van der Waals surface area (Å²) in [6, 6.07) is 7.04. The summed E-state index contributed by atoms with van der Waals surface area (Å²) >= 11 is 3.32. The van der Waals surface area contributed by atoms with Gasteiger partial charge in [-0.05, 0) is 30.7 Å². The van der Waals surface area contributed by atoms with Crippen LogP contribution in [0.25, 0.3) is 0 Å². The highest BCUT2D eigenvalue weighted by atomic mass is 79.9. The Morgan fingerprint density at radius 2 is 1.81 bits per heavy atom. The number of hydrogen-bond donors (Lipinski definition) is 0. The summed E-state index contributed by atoms with van der Waals surface area (Å²) in [7, 11) is 1.60. The maximum atomic E-state index is 12.1. The summed E-state index contributed by atoms with van der Waals surface area (Å²) < 4.78 is 6.03. The minimum Gasteiger partial charge on any atom is -0.464 e. The average molecular weight is 356 g/mol. The van der Waals surface area contributed by atoms with Crippen LogP contribution in [0.1, 0.15) is 43.0 Å². The first-order valence-electron chi connectivity index (χ1n) is 7.21. The largest absolute Gasteiger partial charge is 0.464 e. The summed E-state index contributed by atoms with van der Waals surface area (Å²) in [5, 5.41) is 0. The summed E-state index contributed by atoms with van der Waals surface area (Å²) in [5.41, 5.74) is 0.552. The molecule has 1 rings (SSSR count). The number of amides is 1. The predicted molar refractivity (Wildman–Crippen MR) is 86.2 cm³/mol. The maximum Gasteiger partial charge on any atom is 0.325 e. The number of esters is 1. The molecule has 0 aliphatic carbocycles. The molecule has 0 atom stereocenters. The Labute approximate surface area is 134 Å². The molecule has 0 saturated carbocycles. The van der Waals surface area contributed by atoms with Crippen molar-refractivity contribution < 1.29 is 14.3 Å². The molecule has 0 N–H and O–H groups in total. The van der Waals surface area contributed by atoms with E-state index in [9.17, 15) is 9.59 Å². The number of halogens is 1. The van der Waals surface area contributed by atoms with E-state index in [4.69, 9.17) is 4.74 Å². The lowest BCUT2D eigenvalue weighted by Gasteiger charge is -2.16. The molecule has 1 aromatic rings. The molecule has 0 unspecified atom stereocenters. The van der Waals surface area contributed by atoms with Crippen molar-refractivity contribution in [3.05, 3.63) is 34.3 Å². The van der Waals surface area contributed by atoms with Crippen LogP contribution >= 0.6 is 15.9 Å². The van der Waals surface area contributed by atoms with Crippen LogP contribution in [0, 0.1) is 0 Å². The van der Waals surface area contributed by atoms with Crippen molar-refractivity contribution in [2.24, 2.45) is 0 Å². The molecule has 0 aromatic heterocycles. The van der Waals surface area contributed by atoms with Gasteiger partial charge in [0.25, 0.3) is 5.91 Å². The van der Waals surface area contributed by atoms with Crippen molar-refractivity contribution in [1.29, 1.82) is 0 Å². The Hall–Kier alpha value is -1.36. The van der Waals surface area contributed by atoms with Crippen molar-refractivity contribution in [3.8, 4) is 0 Å². The fraction of sp³-hybridized carbons (Fsp3) is 0.500. The zero-order valence-corrected chi connectivity index (χ0v) is 14.2. The molecule has 0 spiro atoms. The van der Waals surface area contributed by atoms with E-state index >= 15 is 0 Å². The molecule has 116 valence electrons. The number of rotatable bonds is 8. The number of benzene rings is 1. The highest BCUT2D eigenvalue weighted by Gasteiger charge is 2.15. The Kier molecular flexibility index (Phi) is 8.05. The van der Waals surface area contributed by atoms with E-state index in [1.165, 1.54) is 4.90 Å². The molecule has 0 heterocycles. The molecule has 21 heavy (non-hydrogen) atoms. The van der Waals surface area contributed by atoms with Gasteiger partial charge in [0, 0.05) is 17.1 Å². The average Bonchev–Trinajstić information content (AvgIpc) is 2.47. The van der Waals surface area contributed by atoms with Crippen LogP contribution in [0.15, 0.2) is 28.7 Å². The zero-order chi connectivity index (χ0) is 15.7. The molecular weight excluding hydrogens is 334 g/mol. The third-order valence-corrected chi connectivity index (χ3v) is 3.59. The third kappa shape index (κ3) is 6.76. The SMILES string of the molecule is CCCCCCOC(=O)CN(C)C(=O)c1ccc(Br)cc1. The van der Waals surface area contributed by atoms with Gasteiger partial charge in [0.2, 0.25) is 0 Å². The normalized spacial score (nSPS) is 10.2. The van der Waals surface area contributed by atoms with Gasteiger partial charge in [-0.15, -0.1) is 0 Å². The topological polar surface area (TPSA) is 46.6 Å². The molecule has 0 aliphatic heterocycles. The van der Waals surface area contributed by atoms with Gasteiger partial charge in [-0.1, -0.05) is 42.1 Å². The van der Waals surface area contributed by atoms with Crippen molar-refractivity contribution >= 4 is 27.8 Å². The second kappa shape index (κ2) is 9.55. The van der Waals surface area contributed by atoms with E-state index in [2.05, 4.69) is 22.9 Å². The van der Waals surface area contributed by atoms with Gasteiger partial charge in [0.05, 0.1) is 6.61 Å². The van der Waals surface area contributed by atoms with Gasteiger partial charge in [-0.25, -0.2) is 0 Å². The standard InChI is InChI=1S/C16H22BrNO3/c1-3-4-5-6-11-21-15(19)12-18(2)16(20)13-7-9-14(17)10-8-13/h7-10H,3-6,11-12H2,1-2H3. The minimum atomic E-state index is -0.362. The molecule has 4 nitrogen and oxygen atoms in total. The first-order valence-corrected chi connectivity index (χ1v) is 8.00. The van der Waals surface area contributed by atoms with E-state index in [0.717, 1.165) is 30.2 Å². The molecule has 0 radical (unpaired) electrons. The van der Waals surface area contributed by atoms with Crippen LogP contribution in [0.4, 0.5) is 0 Å². The molecule has 0 bridgehead atoms. The lowest BCUT2D eigenvalue weighted by molar-refractivity contribution is -0.144. The number of nitrogens with zero attached hydrogens (tertiary/aromatic N) is 1. The second-order valence-electron chi connectivity index (χ2n) is 4.95. The lowest BCUT2D eigenvalue weighted by atomic mass is 10.2.